The van der Waals surface area contributed by atoms with E-state index in [2.05, 4.69) is 6.92 Å². The molecule has 0 aliphatic heterocycles. The minimum absolute atomic E-state index is 0.0617. The van der Waals surface area contributed by atoms with Gasteiger partial charge >= 0.3 is 0 Å². The van der Waals surface area contributed by atoms with E-state index in [1.165, 1.54) is 30.0 Å². The summed E-state index contributed by atoms with van der Waals surface area (Å²) in [6, 6.07) is 4.19. The first-order valence-corrected chi connectivity index (χ1v) is 9.17. The maximum atomic E-state index is 12.4. The number of nitro groups is 1. The molecule has 0 spiro atoms. The second-order valence-electron chi connectivity index (χ2n) is 5.79. The molecule has 0 bridgehead atoms. The molecule has 6 nitrogen and oxygen atoms in total. The third-order valence-electron chi connectivity index (χ3n) is 3.42. The van der Waals surface area contributed by atoms with Crippen LogP contribution in [-0.2, 0) is 0 Å². The number of carbonyl (C=O) groups excluding carboxylic acids is 1. The number of benzene rings is 1. The first-order valence-electron chi connectivity index (χ1n) is 8.18. The molecule has 0 atom stereocenters. The molecule has 0 aliphatic rings. The molecule has 0 aromatic heterocycles. The Kier molecular flexibility index (Phi) is 9.41. The zero-order valence-electron chi connectivity index (χ0n) is 14.6. The highest BCUT2D eigenvalue weighted by atomic mass is 32.2. The van der Waals surface area contributed by atoms with Crippen LogP contribution in [0.5, 0.6) is 5.75 Å². The number of nitro benzene ring substituents is 1. The molecule has 0 amide bonds. The Labute approximate surface area is 147 Å². The van der Waals surface area contributed by atoms with Gasteiger partial charge in [-0.1, -0.05) is 37.9 Å². The average molecular weight is 354 g/mol. The number of rotatable bonds is 11. The van der Waals surface area contributed by atoms with E-state index in [4.69, 9.17) is 4.74 Å². The van der Waals surface area contributed by atoms with Crippen molar-refractivity contribution in [3.63, 3.8) is 0 Å². The predicted molar refractivity (Wildman–Crippen MR) is 98.1 cm³/mol. The van der Waals surface area contributed by atoms with Gasteiger partial charge in [0.15, 0.2) is 0 Å². The van der Waals surface area contributed by atoms with Crippen LogP contribution in [0.25, 0.3) is 0 Å². The number of hydrogen-bond donors (Lipinski definition) is 0. The molecule has 1 aromatic rings. The first-order chi connectivity index (χ1) is 11.5. The highest BCUT2D eigenvalue weighted by Gasteiger charge is 2.17. The molecular formula is C17H26N2O4S. The van der Waals surface area contributed by atoms with E-state index >= 15 is 0 Å². The molecule has 1 rings (SSSR count). The smallest absolute Gasteiger partial charge is 0.273 e. The van der Waals surface area contributed by atoms with E-state index in [1.54, 1.807) is 0 Å². The molecule has 134 valence electrons. The van der Waals surface area contributed by atoms with Crippen molar-refractivity contribution in [1.82, 2.24) is 4.90 Å². The van der Waals surface area contributed by atoms with E-state index in [-0.39, 0.29) is 10.8 Å². The van der Waals surface area contributed by atoms with E-state index in [0.717, 1.165) is 32.2 Å². The summed E-state index contributed by atoms with van der Waals surface area (Å²) in [5, 5.41) is 10.8. The van der Waals surface area contributed by atoms with Gasteiger partial charge < -0.3 is 9.64 Å². The van der Waals surface area contributed by atoms with Gasteiger partial charge in [0.25, 0.3) is 5.69 Å². The molecule has 0 radical (unpaired) electrons. The minimum atomic E-state index is -0.475. The zero-order valence-corrected chi connectivity index (χ0v) is 15.4. The molecule has 0 aliphatic carbocycles. The Balaban J connectivity index is 2.77. The number of thioether (sulfide) groups is 1. The number of carbonyl (C=O) groups is 1. The highest BCUT2D eigenvalue weighted by Crippen LogP contribution is 2.28. The van der Waals surface area contributed by atoms with E-state index < -0.39 is 4.92 Å². The van der Waals surface area contributed by atoms with Crippen molar-refractivity contribution in [2.75, 3.05) is 33.0 Å². The van der Waals surface area contributed by atoms with Crippen LogP contribution >= 0.6 is 11.8 Å². The quantitative estimate of drug-likeness (QED) is 0.340. The van der Waals surface area contributed by atoms with Gasteiger partial charge in [-0.05, 0) is 26.6 Å². The van der Waals surface area contributed by atoms with Crippen molar-refractivity contribution in [2.45, 2.75) is 32.6 Å². The largest absolute Gasteiger partial charge is 0.493 e. The molecule has 0 saturated heterocycles. The van der Waals surface area contributed by atoms with Crippen LogP contribution in [0.1, 0.15) is 43.0 Å². The first kappa shape index (κ1) is 20.4. The van der Waals surface area contributed by atoms with Crippen molar-refractivity contribution in [1.29, 1.82) is 0 Å². The summed E-state index contributed by atoms with van der Waals surface area (Å²) in [6.45, 7) is 3.38. The van der Waals surface area contributed by atoms with Crippen LogP contribution in [0.4, 0.5) is 5.69 Å². The molecule has 1 aromatic carbocycles. The van der Waals surface area contributed by atoms with Gasteiger partial charge in [0, 0.05) is 18.4 Å². The maximum Gasteiger partial charge on any atom is 0.273 e. The molecule has 24 heavy (non-hydrogen) atoms. The van der Waals surface area contributed by atoms with Crippen molar-refractivity contribution in [3.8, 4) is 5.75 Å². The number of nitrogens with zero attached hydrogens (tertiary/aromatic N) is 2. The van der Waals surface area contributed by atoms with Crippen molar-refractivity contribution < 1.29 is 14.5 Å². The van der Waals surface area contributed by atoms with Crippen LogP contribution < -0.4 is 4.74 Å². The SMILES string of the molecule is CCCCCCOc1cc([N+](=O)[O-])ccc1C(=O)SCCN(C)C. The molecule has 0 saturated carbocycles. The Morgan fingerprint density at radius 3 is 2.67 bits per heavy atom. The average Bonchev–Trinajstić information content (AvgIpc) is 2.54. The summed E-state index contributed by atoms with van der Waals surface area (Å²) in [7, 11) is 3.89. The van der Waals surface area contributed by atoms with Crippen molar-refractivity contribution >= 4 is 22.6 Å². The van der Waals surface area contributed by atoms with Gasteiger partial charge in [-0.2, -0.15) is 0 Å². The fraction of sp³-hybridized carbons (Fsp3) is 0.588. The van der Waals surface area contributed by atoms with E-state index in [9.17, 15) is 14.9 Å². The van der Waals surface area contributed by atoms with Gasteiger partial charge in [0.1, 0.15) is 5.75 Å². The monoisotopic (exact) mass is 354 g/mol. The molecule has 0 heterocycles. The van der Waals surface area contributed by atoms with Gasteiger partial charge in [0.2, 0.25) is 5.12 Å². The molecular weight excluding hydrogens is 328 g/mol. The molecule has 0 N–H and O–H groups in total. The Morgan fingerprint density at radius 2 is 2.04 bits per heavy atom. The third-order valence-corrected chi connectivity index (χ3v) is 4.29. The van der Waals surface area contributed by atoms with Crippen molar-refractivity contribution in [3.05, 3.63) is 33.9 Å². The number of non-ortho nitro benzene ring substituents is 1. The maximum absolute atomic E-state index is 12.4. The highest BCUT2D eigenvalue weighted by molar-refractivity contribution is 8.14. The van der Waals surface area contributed by atoms with Crippen LogP contribution in [0.15, 0.2) is 18.2 Å². The summed E-state index contributed by atoms with van der Waals surface area (Å²) in [5.74, 6) is 0.974. The topological polar surface area (TPSA) is 72.7 Å². The van der Waals surface area contributed by atoms with E-state index in [0.29, 0.717) is 23.7 Å². The lowest BCUT2D eigenvalue weighted by atomic mass is 10.2. The Hall–Kier alpha value is -1.60. The standard InChI is InChI=1S/C17H26N2O4S/c1-4-5-6-7-11-23-16-13-14(19(21)22)8-9-15(16)17(20)24-12-10-18(2)3/h8-9,13H,4-7,10-12H2,1-3H3. The predicted octanol–water partition coefficient (Wildman–Crippen LogP) is 3.99. The normalized spacial score (nSPS) is 10.8. The minimum Gasteiger partial charge on any atom is -0.493 e. The second kappa shape index (κ2) is 11.0. The Bertz CT molecular complexity index is 549. The summed E-state index contributed by atoms with van der Waals surface area (Å²) >= 11 is 1.20. The summed E-state index contributed by atoms with van der Waals surface area (Å²) in [5.41, 5.74) is 0.341. The number of ether oxygens (including phenoxy) is 1. The van der Waals surface area contributed by atoms with Crippen LogP contribution in [0.3, 0.4) is 0 Å². The fourth-order valence-electron chi connectivity index (χ4n) is 2.02. The molecule has 0 unspecified atom stereocenters. The lowest BCUT2D eigenvalue weighted by molar-refractivity contribution is -0.384. The number of unbranched alkanes of at least 4 members (excludes halogenated alkanes) is 3. The lowest BCUT2D eigenvalue weighted by Crippen LogP contribution is -2.16. The lowest BCUT2D eigenvalue weighted by Gasteiger charge is -2.12. The van der Waals surface area contributed by atoms with E-state index in [1.807, 2.05) is 19.0 Å². The van der Waals surface area contributed by atoms with Gasteiger partial charge in [-0.15, -0.1) is 0 Å². The van der Waals surface area contributed by atoms with Crippen LogP contribution in [0, 0.1) is 10.1 Å². The summed E-state index contributed by atoms with van der Waals surface area (Å²) in [6.07, 6.45) is 4.18. The summed E-state index contributed by atoms with van der Waals surface area (Å²) < 4.78 is 5.67. The third kappa shape index (κ3) is 7.31. The second-order valence-corrected chi connectivity index (χ2v) is 6.85. The molecule has 7 heteroatoms. The number of hydrogen-bond acceptors (Lipinski definition) is 6. The summed E-state index contributed by atoms with van der Waals surface area (Å²) in [4.78, 5) is 24.8. The van der Waals surface area contributed by atoms with Crippen LogP contribution in [-0.4, -0.2) is 47.9 Å². The van der Waals surface area contributed by atoms with Gasteiger partial charge in [-0.3, -0.25) is 14.9 Å². The van der Waals surface area contributed by atoms with Crippen LogP contribution in [0.2, 0.25) is 0 Å². The fourth-order valence-corrected chi connectivity index (χ4v) is 2.99. The zero-order chi connectivity index (χ0) is 17.9. The molecule has 0 fully saturated rings. The Morgan fingerprint density at radius 1 is 1.29 bits per heavy atom. The van der Waals surface area contributed by atoms with Crippen molar-refractivity contribution in [2.24, 2.45) is 0 Å². The van der Waals surface area contributed by atoms with Gasteiger partial charge in [-0.25, -0.2) is 0 Å². The van der Waals surface area contributed by atoms with Gasteiger partial charge in [0.05, 0.1) is 23.2 Å².